The lowest BCUT2D eigenvalue weighted by molar-refractivity contribution is 0.100. The van der Waals surface area contributed by atoms with E-state index >= 15 is 0 Å². The van der Waals surface area contributed by atoms with E-state index in [1.54, 1.807) is 17.9 Å². The number of nitrogens with one attached hydrogen (secondary N) is 1. The lowest BCUT2D eigenvalue weighted by Crippen LogP contribution is -2.51. The van der Waals surface area contributed by atoms with Gasteiger partial charge in [-0.2, -0.15) is 0 Å². The van der Waals surface area contributed by atoms with Gasteiger partial charge in [-0.1, -0.05) is 0 Å². The van der Waals surface area contributed by atoms with Crippen LogP contribution in [0.2, 0.25) is 0 Å². The summed E-state index contributed by atoms with van der Waals surface area (Å²) >= 11 is 0. The van der Waals surface area contributed by atoms with Gasteiger partial charge in [0.15, 0.2) is 11.5 Å². The molecule has 2 aliphatic heterocycles. The van der Waals surface area contributed by atoms with Gasteiger partial charge in [0.1, 0.15) is 25.1 Å². The zero-order valence-electron chi connectivity index (χ0n) is 19.9. The molecule has 0 bridgehead atoms. The average Bonchev–Trinajstić information content (AvgIpc) is 2.87. The molecule has 5 rings (SSSR count). The number of hydrogen-bond acceptors (Lipinski definition) is 8. The first-order valence-electron chi connectivity index (χ1n) is 11.5. The van der Waals surface area contributed by atoms with Crippen LogP contribution in [-0.2, 0) is 13.1 Å². The van der Waals surface area contributed by atoms with Crippen molar-refractivity contribution in [3.05, 3.63) is 52.7 Å². The minimum absolute atomic E-state index is 0. The summed E-state index contributed by atoms with van der Waals surface area (Å²) in [6, 6.07) is 7.05. The fourth-order valence-electron chi connectivity index (χ4n) is 4.46. The highest BCUT2D eigenvalue weighted by molar-refractivity contribution is 5.85. The first-order valence-corrected chi connectivity index (χ1v) is 11.5. The Hall–Kier alpha value is -2.66. The third kappa shape index (κ3) is 6.18. The van der Waals surface area contributed by atoms with Crippen LogP contribution in [0.15, 0.2) is 41.5 Å². The van der Waals surface area contributed by atoms with E-state index in [1.165, 1.54) is 6.20 Å². The molecule has 0 unspecified atom stereocenters. The van der Waals surface area contributed by atoms with Crippen LogP contribution in [0.1, 0.15) is 12.1 Å². The Morgan fingerprint density at radius 3 is 2.69 bits per heavy atom. The first-order chi connectivity index (χ1) is 16.6. The van der Waals surface area contributed by atoms with Crippen molar-refractivity contribution >= 4 is 35.8 Å². The fourth-order valence-corrected chi connectivity index (χ4v) is 4.46. The molecule has 2 atom stereocenters. The maximum Gasteiger partial charge on any atom is 0.269 e. The Kier molecular flexibility index (Phi) is 9.72. The summed E-state index contributed by atoms with van der Waals surface area (Å²) in [5.74, 6) is 1.99. The lowest BCUT2D eigenvalue weighted by Gasteiger charge is -2.35. The molecule has 4 heterocycles. The first kappa shape index (κ1) is 27.9. The summed E-state index contributed by atoms with van der Waals surface area (Å²) in [7, 11) is 1.59. The van der Waals surface area contributed by atoms with Crippen molar-refractivity contribution in [2.45, 2.75) is 31.7 Å². The van der Waals surface area contributed by atoms with Gasteiger partial charge >= 0.3 is 0 Å². The molecule has 0 saturated carbocycles. The Morgan fingerprint density at radius 2 is 1.92 bits per heavy atom. The number of pyridine rings is 1. The summed E-state index contributed by atoms with van der Waals surface area (Å²) in [4.78, 5) is 23.1. The molecule has 1 saturated heterocycles. The molecule has 2 aromatic heterocycles. The molecule has 0 radical (unpaired) electrons. The maximum atomic E-state index is 15.0. The van der Waals surface area contributed by atoms with Crippen molar-refractivity contribution in [3.63, 3.8) is 0 Å². The van der Waals surface area contributed by atoms with Crippen molar-refractivity contribution < 1.29 is 18.6 Å². The quantitative estimate of drug-likeness (QED) is 0.488. The van der Waals surface area contributed by atoms with E-state index in [-0.39, 0.29) is 36.4 Å². The van der Waals surface area contributed by atoms with Crippen molar-refractivity contribution in [3.8, 4) is 17.2 Å². The highest BCUT2D eigenvalue weighted by Crippen LogP contribution is 2.29. The highest BCUT2D eigenvalue weighted by atomic mass is 35.5. The van der Waals surface area contributed by atoms with Crippen LogP contribution >= 0.6 is 24.8 Å². The monoisotopic (exact) mass is 541 g/mol. The van der Waals surface area contributed by atoms with Crippen molar-refractivity contribution in [2.75, 3.05) is 40.0 Å². The number of rotatable bonds is 7. The van der Waals surface area contributed by atoms with Gasteiger partial charge in [0, 0.05) is 44.4 Å². The number of benzene rings is 1. The summed E-state index contributed by atoms with van der Waals surface area (Å²) in [5.41, 5.74) is 2.05. The van der Waals surface area contributed by atoms with E-state index in [2.05, 4.69) is 20.2 Å². The molecule has 1 fully saturated rings. The van der Waals surface area contributed by atoms with Gasteiger partial charge in [0.2, 0.25) is 0 Å². The topological polar surface area (TPSA) is 90.7 Å². The second kappa shape index (κ2) is 12.5. The van der Waals surface area contributed by atoms with Crippen LogP contribution in [0.5, 0.6) is 17.2 Å². The number of fused-ring (bicyclic) bond motifs is 2. The van der Waals surface area contributed by atoms with Crippen LogP contribution in [-0.4, -0.2) is 71.6 Å². The Bertz CT molecular complexity index is 1230. The second-order valence-electron chi connectivity index (χ2n) is 8.51. The van der Waals surface area contributed by atoms with Crippen LogP contribution in [0, 0.1) is 0 Å². The van der Waals surface area contributed by atoms with Gasteiger partial charge in [-0.15, -0.1) is 24.8 Å². The molecule has 9 nitrogen and oxygen atoms in total. The maximum absolute atomic E-state index is 15.0. The van der Waals surface area contributed by atoms with Crippen LogP contribution in [0.25, 0.3) is 11.0 Å². The normalized spacial score (nSPS) is 19.3. The number of alkyl halides is 1. The number of aromatic nitrogens is 3. The fraction of sp³-hybridized carbons (Fsp3) is 0.458. The average molecular weight is 542 g/mol. The number of piperidine rings is 1. The molecule has 0 aliphatic carbocycles. The van der Waals surface area contributed by atoms with Crippen LogP contribution in [0.4, 0.5) is 4.39 Å². The smallest absolute Gasteiger partial charge is 0.269 e. The predicted molar refractivity (Wildman–Crippen MR) is 139 cm³/mol. The minimum atomic E-state index is -1.02. The molecule has 12 heteroatoms. The van der Waals surface area contributed by atoms with Crippen LogP contribution in [0.3, 0.4) is 0 Å². The van der Waals surface area contributed by atoms with Gasteiger partial charge in [-0.3, -0.25) is 14.7 Å². The van der Waals surface area contributed by atoms with Gasteiger partial charge in [-0.05, 0) is 25.1 Å². The van der Waals surface area contributed by atoms with Gasteiger partial charge in [0.25, 0.3) is 5.56 Å². The molecule has 0 spiro atoms. The molecule has 2 aliphatic rings. The van der Waals surface area contributed by atoms with E-state index in [0.29, 0.717) is 68.6 Å². The molecule has 36 heavy (non-hydrogen) atoms. The molecule has 1 aromatic carbocycles. The number of methoxy groups -OCH3 is 1. The zero-order chi connectivity index (χ0) is 23.5. The third-order valence-electron chi connectivity index (χ3n) is 6.35. The minimum Gasteiger partial charge on any atom is -0.497 e. The molecule has 1 N–H and O–H groups in total. The lowest BCUT2D eigenvalue weighted by atomic mass is 10.0. The van der Waals surface area contributed by atoms with E-state index in [9.17, 15) is 9.18 Å². The van der Waals surface area contributed by atoms with Crippen molar-refractivity contribution in [1.82, 2.24) is 24.8 Å². The van der Waals surface area contributed by atoms with Gasteiger partial charge in [0.05, 0.1) is 36.2 Å². The Labute approximate surface area is 220 Å². The Morgan fingerprint density at radius 1 is 1.11 bits per heavy atom. The van der Waals surface area contributed by atoms with E-state index < -0.39 is 6.17 Å². The van der Waals surface area contributed by atoms with Crippen molar-refractivity contribution in [2.24, 2.45) is 0 Å². The Balaban J connectivity index is 0.00000180. The number of likely N-dealkylation sites (tertiary alicyclic amines) is 1. The second-order valence-corrected chi connectivity index (χ2v) is 8.51. The number of nitrogens with zero attached hydrogens (tertiary/aromatic N) is 4. The largest absolute Gasteiger partial charge is 0.497 e. The summed E-state index contributed by atoms with van der Waals surface area (Å²) < 4.78 is 33.0. The van der Waals surface area contributed by atoms with Gasteiger partial charge < -0.3 is 24.1 Å². The van der Waals surface area contributed by atoms with Crippen molar-refractivity contribution in [1.29, 1.82) is 0 Å². The van der Waals surface area contributed by atoms with E-state index in [4.69, 9.17) is 14.2 Å². The van der Waals surface area contributed by atoms with E-state index in [1.807, 2.05) is 24.3 Å². The third-order valence-corrected chi connectivity index (χ3v) is 6.35. The van der Waals surface area contributed by atoms with E-state index in [0.717, 1.165) is 17.8 Å². The van der Waals surface area contributed by atoms with Gasteiger partial charge in [-0.25, -0.2) is 9.37 Å². The number of hydrogen-bond donors (Lipinski definition) is 1. The molecule has 0 amide bonds. The molecule has 196 valence electrons. The number of ether oxygens (including phenoxy) is 3. The van der Waals surface area contributed by atoms with Crippen LogP contribution < -0.4 is 25.1 Å². The summed E-state index contributed by atoms with van der Waals surface area (Å²) in [5, 5.41) is 3.30. The summed E-state index contributed by atoms with van der Waals surface area (Å²) in [6.07, 6.45) is 2.64. The number of halogens is 3. The predicted octanol–water partition coefficient (Wildman–Crippen LogP) is 2.62. The summed E-state index contributed by atoms with van der Waals surface area (Å²) in [6.45, 7) is 3.59. The standard InChI is InChI=1S/C24H28FN5O4.2ClH/c1-32-17-2-3-20-21(11-17)30(24(31)14-28-20)7-6-29-5-4-19(18(25)15-29)27-12-16-10-22-23(13-26-16)34-9-8-33-22;;/h2-3,10-11,13-14,18-19,27H,4-9,12,15H2,1H3;2*1H/t18-,19-;;/m0../s1. The molecular formula is C24H30Cl2FN5O4. The molecule has 3 aromatic rings. The zero-order valence-corrected chi connectivity index (χ0v) is 21.5. The highest BCUT2D eigenvalue weighted by Gasteiger charge is 2.29. The SMILES string of the molecule is COc1ccc2ncc(=O)n(CCN3CC[C@H](NCc4cc5c(cn4)OCCO5)[C@@H](F)C3)c2c1.Cl.Cl. The molecular weight excluding hydrogens is 512 g/mol.